The summed E-state index contributed by atoms with van der Waals surface area (Å²) in [7, 11) is -3.18. The molecule has 3 rings (SSSR count). The third kappa shape index (κ3) is 4.97. The first-order valence-corrected chi connectivity index (χ1v) is 10.8. The smallest absolute Gasteiger partial charge is 0.322 e. The van der Waals surface area contributed by atoms with Gasteiger partial charge >= 0.3 is 6.03 Å². The normalized spacial score (nSPS) is 15.8. The van der Waals surface area contributed by atoms with Gasteiger partial charge in [0.15, 0.2) is 15.6 Å². The van der Waals surface area contributed by atoms with Crippen molar-refractivity contribution in [1.29, 1.82) is 0 Å². The van der Waals surface area contributed by atoms with Crippen molar-refractivity contribution in [3.63, 3.8) is 0 Å². The maximum atomic E-state index is 14.5. The Morgan fingerprint density at radius 2 is 1.66 bits per heavy atom. The highest BCUT2D eigenvalue weighted by Gasteiger charge is 2.29. The Morgan fingerprint density at radius 3 is 2.21 bits per heavy atom. The molecule has 1 saturated heterocycles. The summed E-state index contributed by atoms with van der Waals surface area (Å²) in [5.74, 6) is -1.69. The van der Waals surface area contributed by atoms with Gasteiger partial charge < -0.3 is 4.90 Å². The van der Waals surface area contributed by atoms with Crippen LogP contribution in [0.5, 0.6) is 0 Å². The molecule has 2 aromatic carbocycles. The molecule has 0 saturated carbocycles. The largest absolute Gasteiger partial charge is 0.324 e. The molecular weight excluding hydrogens is 402 g/mol. The van der Waals surface area contributed by atoms with Gasteiger partial charge in [0.25, 0.3) is 0 Å². The third-order valence-corrected chi connectivity index (χ3v) is 6.38. The number of hydrogen-bond donors (Lipinski definition) is 0. The zero-order valence-corrected chi connectivity index (χ0v) is 16.6. The van der Waals surface area contributed by atoms with Crippen LogP contribution in [-0.2, 0) is 16.4 Å². The lowest BCUT2D eigenvalue weighted by Crippen LogP contribution is -2.49. The molecule has 0 unspecified atom stereocenters. The summed E-state index contributed by atoms with van der Waals surface area (Å²) in [4.78, 5) is 27.1. The molecule has 154 valence electrons. The van der Waals surface area contributed by atoms with Crippen molar-refractivity contribution in [3.05, 3.63) is 65.2 Å². The molecule has 6 nitrogen and oxygen atoms in total. The fraction of sp³-hybridized carbons (Fsp3) is 0.300. The molecule has 0 aromatic heterocycles. The molecule has 2 amide bonds. The Morgan fingerprint density at radius 1 is 1.03 bits per heavy atom. The van der Waals surface area contributed by atoms with Crippen LogP contribution >= 0.6 is 0 Å². The van der Waals surface area contributed by atoms with Crippen molar-refractivity contribution in [2.75, 3.05) is 29.5 Å². The van der Waals surface area contributed by atoms with Crippen LogP contribution in [0.4, 0.5) is 19.3 Å². The highest BCUT2D eigenvalue weighted by molar-refractivity contribution is 7.91. The number of ketones is 1. The van der Waals surface area contributed by atoms with Crippen LogP contribution in [0, 0.1) is 11.6 Å². The summed E-state index contributed by atoms with van der Waals surface area (Å²) in [5.41, 5.74) is 0.740. The number of hydrogen-bond acceptors (Lipinski definition) is 4. The Bertz CT molecular complexity index is 1020. The van der Waals surface area contributed by atoms with Crippen LogP contribution in [-0.4, -0.2) is 49.7 Å². The highest BCUT2D eigenvalue weighted by atomic mass is 32.2. The van der Waals surface area contributed by atoms with Crippen LogP contribution < -0.4 is 4.90 Å². The van der Waals surface area contributed by atoms with Gasteiger partial charge in [-0.1, -0.05) is 12.1 Å². The van der Waals surface area contributed by atoms with Gasteiger partial charge in [0, 0.05) is 29.9 Å². The Kier molecular flexibility index (Phi) is 5.97. The van der Waals surface area contributed by atoms with Crippen LogP contribution in [0.1, 0.15) is 22.8 Å². The Hall–Kier alpha value is -2.81. The molecule has 0 atom stereocenters. The molecule has 1 fully saturated rings. The van der Waals surface area contributed by atoms with Crippen molar-refractivity contribution < 1.29 is 26.8 Å². The SMILES string of the molecule is CC(=O)c1ccc(CN(C(=O)N2CCS(=O)(=O)CC2)c2ccc(F)cc2)c(F)c1. The minimum atomic E-state index is -3.18. The Balaban J connectivity index is 1.90. The number of halogens is 2. The lowest BCUT2D eigenvalue weighted by molar-refractivity contribution is 0.101. The van der Waals surface area contributed by atoms with E-state index in [0.717, 1.165) is 6.07 Å². The lowest BCUT2D eigenvalue weighted by atomic mass is 10.1. The topological polar surface area (TPSA) is 74.8 Å². The highest BCUT2D eigenvalue weighted by Crippen LogP contribution is 2.22. The van der Waals surface area contributed by atoms with Gasteiger partial charge in [0.2, 0.25) is 0 Å². The van der Waals surface area contributed by atoms with E-state index in [0.29, 0.717) is 5.69 Å². The van der Waals surface area contributed by atoms with E-state index in [2.05, 4.69) is 0 Å². The van der Waals surface area contributed by atoms with Gasteiger partial charge in [-0.25, -0.2) is 22.0 Å². The van der Waals surface area contributed by atoms with Crippen LogP contribution in [0.15, 0.2) is 42.5 Å². The average molecular weight is 422 g/mol. The van der Waals surface area contributed by atoms with Crippen molar-refractivity contribution in [3.8, 4) is 0 Å². The predicted octanol–water partition coefficient (Wildman–Crippen LogP) is 3.02. The zero-order valence-electron chi connectivity index (χ0n) is 15.8. The first kappa shape index (κ1) is 20.9. The van der Waals surface area contributed by atoms with E-state index < -0.39 is 27.5 Å². The minimum Gasteiger partial charge on any atom is -0.322 e. The molecule has 29 heavy (non-hydrogen) atoms. The van der Waals surface area contributed by atoms with Crippen molar-refractivity contribution in [2.45, 2.75) is 13.5 Å². The molecule has 0 spiro atoms. The zero-order chi connectivity index (χ0) is 21.2. The molecule has 1 aliphatic heterocycles. The van der Waals surface area contributed by atoms with E-state index in [9.17, 15) is 26.8 Å². The third-order valence-electron chi connectivity index (χ3n) is 4.77. The van der Waals surface area contributed by atoms with Crippen molar-refractivity contribution >= 4 is 27.3 Å². The van der Waals surface area contributed by atoms with Gasteiger partial charge in [-0.3, -0.25) is 9.69 Å². The monoisotopic (exact) mass is 422 g/mol. The quantitative estimate of drug-likeness (QED) is 0.710. The van der Waals surface area contributed by atoms with Crippen LogP contribution in [0.3, 0.4) is 0 Å². The summed E-state index contributed by atoms with van der Waals surface area (Å²) >= 11 is 0. The van der Waals surface area contributed by atoms with E-state index in [4.69, 9.17) is 0 Å². The molecule has 0 aliphatic carbocycles. The predicted molar refractivity (Wildman–Crippen MR) is 105 cm³/mol. The summed E-state index contributed by atoms with van der Waals surface area (Å²) < 4.78 is 51.1. The molecule has 1 heterocycles. The molecule has 9 heteroatoms. The van der Waals surface area contributed by atoms with Crippen molar-refractivity contribution in [1.82, 2.24) is 4.90 Å². The number of rotatable bonds is 4. The standard InChI is InChI=1S/C20H20F2N2O4S/c1-14(25)15-2-3-16(19(22)12-15)13-24(18-6-4-17(21)5-7-18)20(26)23-8-10-29(27,28)11-9-23/h2-7,12H,8-11,13H2,1H3. The molecular formula is C20H20F2N2O4S. The molecule has 0 radical (unpaired) electrons. The van der Waals surface area contributed by atoms with E-state index in [1.807, 2.05) is 0 Å². The van der Waals surface area contributed by atoms with Gasteiger partial charge in [0.05, 0.1) is 18.1 Å². The summed E-state index contributed by atoms with van der Waals surface area (Å²) in [6, 6.07) is 8.68. The number of carbonyl (C=O) groups excluding carboxylic acids is 2. The van der Waals surface area contributed by atoms with Gasteiger partial charge in [-0.15, -0.1) is 0 Å². The average Bonchev–Trinajstić information content (AvgIpc) is 2.67. The second-order valence-electron chi connectivity index (χ2n) is 6.85. The second kappa shape index (κ2) is 8.28. The summed E-state index contributed by atoms with van der Waals surface area (Å²) in [6.07, 6.45) is 0. The van der Waals surface area contributed by atoms with Gasteiger partial charge in [-0.2, -0.15) is 0 Å². The first-order valence-electron chi connectivity index (χ1n) is 8.98. The van der Waals surface area contributed by atoms with E-state index in [1.165, 1.54) is 53.1 Å². The number of nitrogens with zero attached hydrogens (tertiary/aromatic N) is 2. The molecule has 0 N–H and O–H groups in total. The van der Waals surface area contributed by atoms with Crippen LogP contribution in [0.2, 0.25) is 0 Å². The summed E-state index contributed by atoms with van der Waals surface area (Å²) in [6.45, 7) is 1.24. The number of amides is 2. The molecule has 1 aliphatic rings. The maximum absolute atomic E-state index is 14.5. The van der Waals surface area contributed by atoms with E-state index in [1.54, 1.807) is 0 Å². The first-order chi connectivity index (χ1) is 13.7. The number of Topliss-reactive ketones (excluding diaryl/α,β-unsaturated/α-hetero) is 1. The number of sulfone groups is 1. The minimum absolute atomic E-state index is 0.0324. The number of anilines is 1. The Labute approximate surface area is 167 Å². The van der Waals surface area contributed by atoms with E-state index >= 15 is 0 Å². The van der Waals surface area contributed by atoms with Gasteiger partial charge in [-0.05, 0) is 37.3 Å². The number of benzene rings is 2. The fourth-order valence-electron chi connectivity index (χ4n) is 3.03. The van der Waals surface area contributed by atoms with E-state index in [-0.39, 0.29) is 48.1 Å². The summed E-state index contributed by atoms with van der Waals surface area (Å²) in [5, 5.41) is 0. The number of urea groups is 1. The fourth-order valence-corrected chi connectivity index (χ4v) is 4.23. The molecule has 0 bridgehead atoms. The van der Waals surface area contributed by atoms with Crippen molar-refractivity contribution in [2.24, 2.45) is 0 Å². The second-order valence-corrected chi connectivity index (χ2v) is 9.15. The van der Waals surface area contributed by atoms with Crippen LogP contribution in [0.25, 0.3) is 0 Å². The maximum Gasteiger partial charge on any atom is 0.324 e. The number of carbonyl (C=O) groups is 2. The molecule has 2 aromatic rings. The van der Waals surface area contributed by atoms with Gasteiger partial charge in [0.1, 0.15) is 11.6 Å². The lowest BCUT2D eigenvalue weighted by Gasteiger charge is -2.33.